The third-order valence-corrected chi connectivity index (χ3v) is 2.56. The summed E-state index contributed by atoms with van der Waals surface area (Å²) in [6, 6.07) is 1.62. The number of aromatic nitrogens is 1. The SMILES string of the molecule is Cc1[nH]c2cc(N)c(O)c(O)c2c1C. The molecule has 5 N–H and O–H groups in total. The minimum absolute atomic E-state index is 0.151. The van der Waals surface area contributed by atoms with Crippen LogP contribution >= 0.6 is 0 Å². The molecule has 0 amide bonds. The van der Waals surface area contributed by atoms with Crippen molar-refractivity contribution in [3.63, 3.8) is 0 Å². The number of nitrogens with two attached hydrogens (primary N) is 1. The molecule has 0 radical (unpaired) electrons. The Hall–Kier alpha value is -1.84. The van der Waals surface area contributed by atoms with E-state index in [-0.39, 0.29) is 17.2 Å². The minimum atomic E-state index is -0.250. The number of phenolic OH excluding ortho intramolecular Hbond substituents is 2. The van der Waals surface area contributed by atoms with Crippen molar-refractivity contribution in [3.8, 4) is 11.5 Å². The molecule has 1 aromatic heterocycles. The minimum Gasteiger partial charge on any atom is -0.504 e. The van der Waals surface area contributed by atoms with Crippen LogP contribution in [0.5, 0.6) is 11.5 Å². The highest BCUT2D eigenvalue weighted by Crippen LogP contribution is 2.40. The standard InChI is InChI=1S/C10H12N2O2/c1-4-5(2)12-7-3-6(11)9(13)10(14)8(4)7/h3,12-14H,11H2,1-2H3. The van der Waals surface area contributed by atoms with Crippen LogP contribution in [0.15, 0.2) is 6.07 Å². The number of nitrogens with one attached hydrogen (secondary N) is 1. The molecule has 0 bridgehead atoms. The fourth-order valence-electron chi connectivity index (χ4n) is 1.64. The van der Waals surface area contributed by atoms with E-state index in [1.807, 2.05) is 13.8 Å². The van der Waals surface area contributed by atoms with Crippen molar-refractivity contribution in [3.05, 3.63) is 17.3 Å². The molecular weight excluding hydrogens is 180 g/mol. The van der Waals surface area contributed by atoms with Crippen LogP contribution < -0.4 is 5.73 Å². The molecule has 2 aromatic rings. The van der Waals surface area contributed by atoms with Crippen molar-refractivity contribution in [1.82, 2.24) is 4.98 Å². The first-order valence-electron chi connectivity index (χ1n) is 4.31. The van der Waals surface area contributed by atoms with Gasteiger partial charge < -0.3 is 20.9 Å². The van der Waals surface area contributed by atoms with Crippen LogP contribution in [0.1, 0.15) is 11.3 Å². The summed E-state index contributed by atoms with van der Waals surface area (Å²) in [5, 5.41) is 19.8. The third-order valence-electron chi connectivity index (χ3n) is 2.56. The molecule has 2 rings (SSSR count). The van der Waals surface area contributed by atoms with Gasteiger partial charge >= 0.3 is 0 Å². The fraction of sp³-hybridized carbons (Fsp3) is 0.200. The van der Waals surface area contributed by atoms with E-state index in [2.05, 4.69) is 4.98 Å². The van der Waals surface area contributed by atoms with Crippen molar-refractivity contribution in [2.24, 2.45) is 0 Å². The number of H-pyrrole nitrogens is 1. The van der Waals surface area contributed by atoms with Crippen LogP contribution in [0.3, 0.4) is 0 Å². The number of hydrogen-bond donors (Lipinski definition) is 4. The Balaban J connectivity index is 2.99. The van der Waals surface area contributed by atoms with Gasteiger partial charge in [0, 0.05) is 11.1 Å². The first-order chi connectivity index (χ1) is 6.52. The summed E-state index contributed by atoms with van der Waals surface area (Å²) in [7, 11) is 0. The largest absolute Gasteiger partial charge is 0.504 e. The van der Waals surface area contributed by atoms with Gasteiger partial charge in [-0.15, -0.1) is 0 Å². The second-order valence-corrected chi connectivity index (χ2v) is 3.46. The van der Waals surface area contributed by atoms with Crippen LogP contribution in [-0.2, 0) is 0 Å². The predicted octanol–water partition coefficient (Wildman–Crippen LogP) is 1.78. The quantitative estimate of drug-likeness (QED) is 0.379. The van der Waals surface area contributed by atoms with Gasteiger partial charge in [-0.1, -0.05) is 0 Å². The second kappa shape index (κ2) is 2.57. The molecular formula is C10H12N2O2. The fourth-order valence-corrected chi connectivity index (χ4v) is 1.64. The molecule has 1 heterocycles. The lowest BCUT2D eigenvalue weighted by molar-refractivity contribution is 0.410. The van der Waals surface area contributed by atoms with E-state index in [0.29, 0.717) is 5.39 Å². The summed E-state index contributed by atoms with van der Waals surface area (Å²) in [5.41, 5.74) is 8.32. The Kier molecular flexibility index (Phi) is 1.61. The summed E-state index contributed by atoms with van der Waals surface area (Å²) in [6.07, 6.45) is 0. The first kappa shape index (κ1) is 8.74. The van der Waals surface area contributed by atoms with E-state index in [1.54, 1.807) is 6.07 Å². The molecule has 0 aliphatic heterocycles. The number of rotatable bonds is 0. The summed E-state index contributed by atoms with van der Waals surface area (Å²) >= 11 is 0. The van der Waals surface area contributed by atoms with E-state index < -0.39 is 0 Å². The monoisotopic (exact) mass is 192 g/mol. The van der Waals surface area contributed by atoms with Crippen LogP contribution in [0.4, 0.5) is 5.69 Å². The maximum absolute atomic E-state index is 9.68. The zero-order chi connectivity index (χ0) is 10.5. The maximum atomic E-state index is 9.68. The van der Waals surface area contributed by atoms with E-state index in [9.17, 15) is 10.2 Å². The number of nitrogen functional groups attached to an aromatic ring is 1. The highest BCUT2D eigenvalue weighted by molar-refractivity contribution is 5.95. The van der Waals surface area contributed by atoms with E-state index in [1.165, 1.54) is 0 Å². The topological polar surface area (TPSA) is 82.3 Å². The van der Waals surface area contributed by atoms with Crippen LogP contribution in [0.2, 0.25) is 0 Å². The van der Waals surface area contributed by atoms with Crippen molar-refractivity contribution < 1.29 is 10.2 Å². The van der Waals surface area contributed by atoms with Gasteiger partial charge in [0.15, 0.2) is 11.5 Å². The Labute approximate surface area is 81.0 Å². The maximum Gasteiger partial charge on any atom is 0.181 e. The molecule has 0 saturated carbocycles. The molecule has 0 aliphatic rings. The number of aromatic hydroxyl groups is 2. The number of phenols is 2. The van der Waals surface area contributed by atoms with Gasteiger partial charge in [0.05, 0.1) is 11.2 Å². The first-order valence-corrected chi connectivity index (χ1v) is 4.31. The van der Waals surface area contributed by atoms with Gasteiger partial charge in [0.25, 0.3) is 0 Å². The van der Waals surface area contributed by atoms with Crippen molar-refractivity contribution in [1.29, 1.82) is 0 Å². The number of benzene rings is 1. The molecule has 0 spiro atoms. The lowest BCUT2D eigenvalue weighted by Crippen LogP contribution is -1.86. The molecule has 4 nitrogen and oxygen atoms in total. The summed E-state index contributed by atoms with van der Waals surface area (Å²) < 4.78 is 0. The van der Waals surface area contributed by atoms with Gasteiger partial charge in [0.1, 0.15) is 0 Å². The number of aryl methyl sites for hydroxylation is 2. The van der Waals surface area contributed by atoms with Crippen LogP contribution in [-0.4, -0.2) is 15.2 Å². The van der Waals surface area contributed by atoms with E-state index >= 15 is 0 Å². The van der Waals surface area contributed by atoms with Gasteiger partial charge in [-0.2, -0.15) is 0 Å². The van der Waals surface area contributed by atoms with E-state index in [0.717, 1.165) is 16.8 Å². The van der Waals surface area contributed by atoms with Crippen molar-refractivity contribution >= 4 is 16.6 Å². The van der Waals surface area contributed by atoms with Gasteiger partial charge in [-0.3, -0.25) is 0 Å². The summed E-state index contributed by atoms with van der Waals surface area (Å²) in [5.74, 6) is -0.401. The Morgan fingerprint density at radius 2 is 1.86 bits per heavy atom. The average molecular weight is 192 g/mol. The Morgan fingerprint density at radius 3 is 2.50 bits per heavy atom. The average Bonchev–Trinajstić information content (AvgIpc) is 2.39. The number of hydrogen-bond acceptors (Lipinski definition) is 3. The second-order valence-electron chi connectivity index (χ2n) is 3.46. The molecule has 0 aliphatic carbocycles. The molecule has 1 aromatic carbocycles. The van der Waals surface area contributed by atoms with Gasteiger partial charge in [-0.25, -0.2) is 0 Å². The summed E-state index contributed by atoms with van der Waals surface area (Å²) in [4.78, 5) is 3.08. The highest BCUT2D eigenvalue weighted by Gasteiger charge is 2.14. The lowest BCUT2D eigenvalue weighted by Gasteiger charge is -2.03. The molecule has 4 heteroatoms. The summed E-state index contributed by atoms with van der Waals surface area (Å²) in [6.45, 7) is 3.78. The van der Waals surface area contributed by atoms with Crippen LogP contribution in [0, 0.1) is 13.8 Å². The third kappa shape index (κ3) is 0.937. The number of fused-ring (bicyclic) bond motifs is 1. The molecule has 0 saturated heterocycles. The molecule has 0 unspecified atom stereocenters. The van der Waals surface area contributed by atoms with Crippen molar-refractivity contribution in [2.45, 2.75) is 13.8 Å². The smallest absolute Gasteiger partial charge is 0.181 e. The van der Waals surface area contributed by atoms with Crippen molar-refractivity contribution in [2.75, 3.05) is 5.73 Å². The predicted molar refractivity (Wildman–Crippen MR) is 55.5 cm³/mol. The van der Waals surface area contributed by atoms with Gasteiger partial charge in [-0.05, 0) is 25.5 Å². The Morgan fingerprint density at radius 1 is 1.21 bits per heavy atom. The zero-order valence-electron chi connectivity index (χ0n) is 8.05. The highest BCUT2D eigenvalue weighted by atomic mass is 16.3. The number of anilines is 1. The number of aromatic amines is 1. The zero-order valence-corrected chi connectivity index (χ0v) is 8.05. The molecule has 0 atom stereocenters. The molecule has 14 heavy (non-hydrogen) atoms. The molecule has 0 fully saturated rings. The lowest BCUT2D eigenvalue weighted by atomic mass is 10.1. The normalized spacial score (nSPS) is 11.0. The Bertz CT molecular complexity index is 515. The van der Waals surface area contributed by atoms with Crippen LogP contribution in [0.25, 0.3) is 10.9 Å². The van der Waals surface area contributed by atoms with Gasteiger partial charge in [0.2, 0.25) is 0 Å². The molecule has 74 valence electrons. The van der Waals surface area contributed by atoms with E-state index in [4.69, 9.17) is 5.73 Å².